The van der Waals surface area contributed by atoms with Crippen molar-refractivity contribution in [3.8, 4) is 0 Å². The lowest BCUT2D eigenvalue weighted by molar-refractivity contribution is 0.589. The number of anilines is 1. The van der Waals surface area contributed by atoms with Gasteiger partial charge in [-0.05, 0) is 30.5 Å². The second kappa shape index (κ2) is 9.09. The molecular formula is C16H27N. The summed E-state index contributed by atoms with van der Waals surface area (Å²) < 4.78 is 0. The van der Waals surface area contributed by atoms with Gasteiger partial charge in [0.2, 0.25) is 0 Å². The Hall–Kier alpha value is -0.980. The van der Waals surface area contributed by atoms with Crippen LogP contribution >= 0.6 is 0 Å². The van der Waals surface area contributed by atoms with E-state index in [2.05, 4.69) is 36.5 Å². The van der Waals surface area contributed by atoms with Crippen molar-refractivity contribution in [1.29, 1.82) is 0 Å². The van der Waals surface area contributed by atoms with Crippen molar-refractivity contribution >= 4 is 5.69 Å². The first kappa shape index (κ1) is 14.1. The third-order valence-corrected chi connectivity index (χ3v) is 3.31. The molecule has 0 aliphatic carbocycles. The SMILES string of the molecule is CCCCCCCCCc1ccc(NC)cc1. The van der Waals surface area contributed by atoms with E-state index in [1.165, 1.54) is 62.6 Å². The summed E-state index contributed by atoms with van der Waals surface area (Å²) in [6.07, 6.45) is 11.0. The Morgan fingerprint density at radius 3 is 2.00 bits per heavy atom. The molecule has 0 unspecified atom stereocenters. The summed E-state index contributed by atoms with van der Waals surface area (Å²) in [6.45, 7) is 2.27. The monoisotopic (exact) mass is 233 g/mol. The van der Waals surface area contributed by atoms with Crippen LogP contribution in [0.25, 0.3) is 0 Å². The zero-order valence-corrected chi connectivity index (χ0v) is 11.5. The summed E-state index contributed by atoms with van der Waals surface area (Å²) in [4.78, 5) is 0. The standard InChI is InChI=1S/C16H27N/c1-3-4-5-6-7-8-9-10-15-11-13-16(17-2)14-12-15/h11-14,17H,3-10H2,1-2H3. The molecular weight excluding hydrogens is 206 g/mol. The number of benzene rings is 1. The van der Waals surface area contributed by atoms with Crippen molar-refractivity contribution in [2.45, 2.75) is 58.3 Å². The first-order valence-electron chi connectivity index (χ1n) is 7.13. The van der Waals surface area contributed by atoms with Crippen molar-refractivity contribution < 1.29 is 0 Å². The fourth-order valence-electron chi connectivity index (χ4n) is 2.12. The third-order valence-electron chi connectivity index (χ3n) is 3.31. The Morgan fingerprint density at radius 2 is 1.41 bits per heavy atom. The normalized spacial score (nSPS) is 10.5. The van der Waals surface area contributed by atoms with E-state index in [1.54, 1.807) is 0 Å². The topological polar surface area (TPSA) is 12.0 Å². The lowest BCUT2D eigenvalue weighted by Crippen LogP contribution is -1.90. The molecule has 96 valence electrons. The van der Waals surface area contributed by atoms with E-state index >= 15 is 0 Å². The molecule has 0 aliphatic rings. The number of unbranched alkanes of at least 4 members (excludes halogenated alkanes) is 6. The molecule has 0 atom stereocenters. The molecule has 1 rings (SSSR count). The average molecular weight is 233 g/mol. The maximum Gasteiger partial charge on any atom is 0.0337 e. The molecule has 0 saturated carbocycles. The van der Waals surface area contributed by atoms with Gasteiger partial charge in [0, 0.05) is 12.7 Å². The van der Waals surface area contributed by atoms with E-state index < -0.39 is 0 Å². The zero-order valence-electron chi connectivity index (χ0n) is 11.5. The van der Waals surface area contributed by atoms with Crippen LogP contribution in [0.5, 0.6) is 0 Å². The minimum Gasteiger partial charge on any atom is -0.388 e. The van der Waals surface area contributed by atoms with E-state index in [0.29, 0.717) is 0 Å². The minimum absolute atomic E-state index is 1.20. The van der Waals surface area contributed by atoms with Crippen molar-refractivity contribution in [3.63, 3.8) is 0 Å². The molecule has 0 aliphatic heterocycles. The fourth-order valence-corrected chi connectivity index (χ4v) is 2.12. The van der Waals surface area contributed by atoms with Crippen LogP contribution in [0.4, 0.5) is 5.69 Å². The van der Waals surface area contributed by atoms with Gasteiger partial charge in [-0.3, -0.25) is 0 Å². The molecule has 0 fully saturated rings. The van der Waals surface area contributed by atoms with Gasteiger partial charge in [-0.2, -0.15) is 0 Å². The van der Waals surface area contributed by atoms with Crippen LogP contribution in [0.2, 0.25) is 0 Å². The lowest BCUT2D eigenvalue weighted by atomic mass is 10.0. The number of rotatable bonds is 9. The first-order valence-corrected chi connectivity index (χ1v) is 7.13. The molecule has 1 nitrogen and oxygen atoms in total. The van der Waals surface area contributed by atoms with Crippen LogP contribution in [-0.4, -0.2) is 7.05 Å². The quantitative estimate of drug-likeness (QED) is 0.590. The largest absolute Gasteiger partial charge is 0.388 e. The second-order valence-electron chi connectivity index (χ2n) is 4.82. The van der Waals surface area contributed by atoms with E-state index in [-0.39, 0.29) is 0 Å². The van der Waals surface area contributed by atoms with Gasteiger partial charge < -0.3 is 5.32 Å². The van der Waals surface area contributed by atoms with Gasteiger partial charge in [0.15, 0.2) is 0 Å². The first-order chi connectivity index (χ1) is 8.36. The smallest absolute Gasteiger partial charge is 0.0337 e. The van der Waals surface area contributed by atoms with Crippen molar-refractivity contribution in [2.75, 3.05) is 12.4 Å². The van der Waals surface area contributed by atoms with Gasteiger partial charge in [-0.25, -0.2) is 0 Å². The van der Waals surface area contributed by atoms with Gasteiger partial charge in [0.25, 0.3) is 0 Å². The highest BCUT2D eigenvalue weighted by atomic mass is 14.8. The van der Waals surface area contributed by atoms with Crippen molar-refractivity contribution in [2.24, 2.45) is 0 Å². The molecule has 1 heteroatoms. The van der Waals surface area contributed by atoms with Crippen LogP contribution in [0.3, 0.4) is 0 Å². The lowest BCUT2D eigenvalue weighted by Gasteiger charge is -2.04. The van der Waals surface area contributed by atoms with E-state index in [1.807, 2.05) is 7.05 Å². The molecule has 0 bridgehead atoms. The predicted molar refractivity (Wildman–Crippen MR) is 77.7 cm³/mol. The molecule has 0 spiro atoms. The van der Waals surface area contributed by atoms with E-state index in [9.17, 15) is 0 Å². The van der Waals surface area contributed by atoms with E-state index in [0.717, 1.165) is 0 Å². The van der Waals surface area contributed by atoms with Crippen LogP contribution in [0.15, 0.2) is 24.3 Å². The highest BCUT2D eigenvalue weighted by molar-refractivity contribution is 5.43. The predicted octanol–water partition coefficient (Wildman–Crippen LogP) is 5.02. The molecule has 1 aromatic rings. The van der Waals surface area contributed by atoms with Crippen LogP contribution in [0, 0.1) is 0 Å². The Kier molecular flexibility index (Phi) is 7.53. The number of hydrogen-bond donors (Lipinski definition) is 1. The summed E-state index contributed by atoms with van der Waals surface area (Å²) in [5.41, 5.74) is 2.67. The van der Waals surface area contributed by atoms with Crippen molar-refractivity contribution in [3.05, 3.63) is 29.8 Å². The summed E-state index contributed by atoms with van der Waals surface area (Å²) in [7, 11) is 1.96. The Labute approximate surface area is 107 Å². The van der Waals surface area contributed by atoms with Gasteiger partial charge in [-0.1, -0.05) is 57.6 Å². The Bertz CT molecular complexity index is 276. The highest BCUT2D eigenvalue weighted by Gasteiger charge is 1.95. The Morgan fingerprint density at radius 1 is 0.824 bits per heavy atom. The van der Waals surface area contributed by atoms with Crippen molar-refractivity contribution in [1.82, 2.24) is 0 Å². The van der Waals surface area contributed by atoms with Crippen LogP contribution in [0.1, 0.15) is 57.4 Å². The summed E-state index contributed by atoms with van der Waals surface area (Å²) >= 11 is 0. The molecule has 0 aromatic heterocycles. The van der Waals surface area contributed by atoms with Gasteiger partial charge in [-0.15, -0.1) is 0 Å². The van der Waals surface area contributed by atoms with Gasteiger partial charge in [0.05, 0.1) is 0 Å². The van der Waals surface area contributed by atoms with Gasteiger partial charge >= 0.3 is 0 Å². The molecule has 0 amide bonds. The third kappa shape index (κ3) is 6.35. The molecule has 0 radical (unpaired) electrons. The van der Waals surface area contributed by atoms with Crippen LogP contribution < -0.4 is 5.32 Å². The zero-order chi connectivity index (χ0) is 12.3. The molecule has 17 heavy (non-hydrogen) atoms. The summed E-state index contributed by atoms with van der Waals surface area (Å²) in [6, 6.07) is 8.80. The maximum absolute atomic E-state index is 3.15. The van der Waals surface area contributed by atoms with Gasteiger partial charge in [0.1, 0.15) is 0 Å². The maximum atomic E-state index is 3.15. The molecule has 1 aromatic carbocycles. The number of aryl methyl sites for hydroxylation is 1. The molecule has 0 heterocycles. The molecule has 1 N–H and O–H groups in total. The highest BCUT2D eigenvalue weighted by Crippen LogP contribution is 2.13. The average Bonchev–Trinajstić information content (AvgIpc) is 2.38. The number of hydrogen-bond acceptors (Lipinski definition) is 1. The minimum atomic E-state index is 1.20. The Balaban J connectivity index is 2.05. The summed E-state index contributed by atoms with van der Waals surface area (Å²) in [5, 5.41) is 3.15. The van der Waals surface area contributed by atoms with Crippen LogP contribution in [-0.2, 0) is 6.42 Å². The van der Waals surface area contributed by atoms with E-state index in [4.69, 9.17) is 0 Å². The fraction of sp³-hybridized carbons (Fsp3) is 0.625. The second-order valence-corrected chi connectivity index (χ2v) is 4.82. The molecule has 0 saturated heterocycles. The number of nitrogens with one attached hydrogen (secondary N) is 1. The summed E-state index contributed by atoms with van der Waals surface area (Å²) in [5.74, 6) is 0.